The number of H-pyrrole nitrogens is 1. The Morgan fingerprint density at radius 3 is 2.38 bits per heavy atom. The number of carbonyl (C=O) groups excluding carboxylic acids is 1. The van der Waals surface area contributed by atoms with E-state index in [1.807, 2.05) is 31.0 Å². The number of hydrogen-bond acceptors (Lipinski definition) is 5. The Balaban J connectivity index is 0.00000221. The maximum absolute atomic E-state index is 12.3. The van der Waals surface area contributed by atoms with E-state index in [-0.39, 0.29) is 8.76 Å². The number of aromatic nitrogens is 4. The normalized spacial score (nSPS) is 14.0. The first kappa shape index (κ1) is 27.5. The number of aromatic amines is 1. The largest absolute Gasteiger partial charge is 0.369 e. The molecule has 1 fully saturated rings. The van der Waals surface area contributed by atoms with Gasteiger partial charge in [-0.3, -0.25) is 9.48 Å². The average Bonchev–Trinajstić information content (AvgIpc) is 3.54. The van der Waals surface area contributed by atoms with E-state index in [1.165, 1.54) is 11.8 Å². The van der Waals surface area contributed by atoms with Gasteiger partial charge in [0, 0.05) is 81.4 Å². The Morgan fingerprint density at radius 2 is 1.71 bits per heavy atom. The van der Waals surface area contributed by atoms with E-state index in [0.29, 0.717) is 0 Å². The predicted molar refractivity (Wildman–Crippen MR) is 176 cm³/mol. The Kier molecular flexibility index (Phi) is 7.16. The standard InChI is InChI=1S/C34H37N7O.2H2/c1-7-30(42)37-32-21(2)8-13-27(22(32)3)31-28-18-25(29-20-36-40(6)23(29)4)19-35-34(28)38-33(31)24-9-11-26(12-10-24)41-16-14-39(5)15-17-41;;/h7-13,18-20H,1,14-17H2,2-6H3,(H,35,38)(H,37,42);2*1H. The predicted octanol–water partition coefficient (Wildman–Crippen LogP) is 6.59. The highest BCUT2D eigenvalue weighted by atomic mass is 16.1. The van der Waals surface area contributed by atoms with E-state index in [9.17, 15) is 4.79 Å². The highest BCUT2D eigenvalue weighted by Crippen LogP contribution is 2.43. The lowest BCUT2D eigenvalue weighted by molar-refractivity contribution is -0.111. The summed E-state index contributed by atoms with van der Waals surface area (Å²) >= 11 is 0. The van der Waals surface area contributed by atoms with Crippen molar-refractivity contribution in [2.45, 2.75) is 20.8 Å². The maximum Gasteiger partial charge on any atom is 0.247 e. The number of benzene rings is 2. The first-order valence-electron chi connectivity index (χ1n) is 14.3. The van der Waals surface area contributed by atoms with Crippen molar-refractivity contribution in [3.8, 4) is 33.5 Å². The molecular weight excluding hydrogens is 522 g/mol. The third kappa shape index (κ3) is 4.88. The van der Waals surface area contributed by atoms with Crippen LogP contribution in [0.4, 0.5) is 11.4 Å². The smallest absolute Gasteiger partial charge is 0.247 e. The summed E-state index contributed by atoms with van der Waals surface area (Å²) in [7, 11) is 4.12. The van der Waals surface area contributed by atoms with Gasteiger partial charge in [-0.25, -0.2) is 4.98 Å². The second kappa shape index (κ2) is 10.9. The van der Waals surface area contributed by atoms with Crippen LogP contribution < -0.4 is 10.2 Å². The van der Waals surface area contributed by atoms with Gasteiger partial charge in [0.05, 0.1) is 11.9 Å². The summed E-state index contributed by atoms with van der Waals surface area (Å²) in [5.74, 6) is -0.229. The number of fused-ring (bicyclic) bond motifs is 1. The van der Waals surface area contributed by atoms with Gasteiger partial charge in [0.15, 0.2) is 0 Å². The van der Waals surface area contributed by atoms with Crippen LogP contribution in [-0.2, 0) is 11.8 Å². The minimum absolute atomic E-state index is 0. The summed E-state index contributed by atoms with van der Waals surface area (Å²) in [4.78, 5) is 25.7. The van der Waals surface area contributed by atoms with Crippen molar-refractivity contribution in [1.82, 2.24) is 24.6 Å². The van der Waals surface area contributed by atoms with Crippen molar-refractivity contribution in [2.75, 3.05) is 43.4 Å². The number of nitrogens with zero attached hydrogens (tertiary/aromatic N) is 5. The Morgan fingerprint density at radius 1 is 0.976 bits per heavy atom. The van der Waals surface area contributed by atoms with Crippen LogP contribution in [0.25, 0.3) is 44.5 Å². The van der Waals surface area contributed by atoms with Crippen LogP contribution >= 0.6 is 0 Å². The topological polar surface area (TPSA) is 82.1 Å². The zero-order valence-electron chi connectivity index (χ0n) is 25.0. The number of anilines is 2. The number of hydrogen-bond donors (Lipinski definition) is 2. The molecule has 0 radical (unpaired) electrons. The van der Waals surface area contributed by atoms with Gasteiger partial charge in [0.1, 0.15) is 5.65 Å². The van der Waals surface area contributed by atoms with Crippen molar-refractivity contribution in [2.24, 2.45) is 7.05 Å². The van der Waals surface area contributed by atoms with E-state index in [2.05, 4.69) is 95.1 Å². The number of pyridine rings is 1. The molecule has 0 aliphatic carbocycles. The minimum Gasteiger partial charge on any atom is -0.369 e. The molecule has 8 heteroatoms. The van der Waals surface area contributed by atoms with Crippen LogP contribution in [-0.4, -0.2) is 63.8 Å². The molecule has 2 aromatic carbocycles. The van der Waals surface area contributed by atoms with Gasteiger partial charge < -0.3 is 20.1 Å². The van der Waals surface area contributed by atoms with Crippen LogP contribution in [0.2, 0.25) is 0 Å². The second-order valence-electron chi connectivity index (χ2n) is 11.2. The molecule has 5 aromatic rings. The molecule has 2 N–H and O–H groups in total. The fourth-order valence-electron chi connectivity index (χ4n) is 5.88. The van der Waals surface area contributed by atoms with Gasteiger partial charge in [0.25, 0.3) is 0 Å². The molecule has 1 saturated heterocycles. The van der Waals surface area contributed by atoms with Crippen molar-refractivity contribution in [3.63, 3.8) is 0 Å². The first-order chi connectivity index (χ1) is 20.2. The highest BCUT2D eigenvalue weighted by molar-refractivity contribution is 6.06. The molecule has 1 aliphatic heterocycles. The molecule has 8 nitrogen and oxygen atoms in total. The minimum atomic E-state index is -0.229. The molecule has 0 atom stereocenters. The van der Waals surface area contributed by atoms with Gasteiger partial charge in [-0.05, 0) is 74.3 Å². The third-order valence-electron chi connectivity index (χ3n) is 8.60. The summed E-state index contributed by atoms with van der Waals surface area (Å²) in [6, 6.07) is 15.2. The number of rotatable bonds is 6. The number of carbonyl (C=O) groups is 1. The summed E-state index contributed by atoms with van der Waals surface area (Å²) in [5.41, 5.74) is 12.1. The Hall–Kier alpha value is -4.69. The van der Waals surface area contributed by atoms with Crippen molar-refractivity contribution < 1.29 is 7.65 Å². The van der Waals surface area contributed by atoms with E-state index >= 15 is 0 Å². The maximum atomic E-state index is 12.3. The monoisotopic (exact) mass is 563 g/mol. The quantitative estimate of drug-likeness (QED) is 0.228. The van der Waals surface area contributed by atoms with E-state index in [1.54, 1.807) is 0 Å². The van der Waals surface area contributed by atoms with Gasteiger partial charge in [-0.15, -0.1) is 0 Å². The number of nitrogens with one attached hydrogen (secondary N) is 2. The summed E-state index contributed by atoms with van der Waals surface area (Å²) in [5, 5.41) is 8.50. The molecule has 1 amide bonds. The molecule has 6 rings (SSSR count). The molecule has 0 spiro atoms. The van der Waals surface area contributed by atoms with E-state index in [0.717, 1.165) is 93.2 Å². The van der Waals surface area contributed by atoms with Gasteiger partial charge in [0.2, 0.25) is 5.91 Å². The van der Waals surface area contributed by atoms with E-state index < -0.39 is 0 Å². The molecule has 42 heavy (non-hydrogen) atoms. The number of likely N-dealkylation sites (N-methyl/N-ethyl adjacent to an activating group) is 1. The SMILES string of the molecule is C=CC(=O)Nc1c(C)ccc(-c2c(-c3ccc(N4CCN(C)CC4)cc3)[nH]c3ncc(-c4cnn(C)c4C)cc23)c1C.[HH].[HH]. The summed E-state index contributed by atoms with van der Waals surface area (Å²) < 4.78 is 1.88. The zero-order chi connectivity index (χ0) is 29.5. The molecule has 0 saturated carbocycles. The molecule has 218 valence electrons. The fraction of sp³-hybridized carbons (Fsp3) is 0.265. The highest BCUT2D eigenvalue weighted by Gasteiger charge is 2.22. The molecule has 4 heterocycles. The summed E-state index contributed by atoms with van der Waals surface area (Å²) in [6.45, 7) is 13.9. The van der Waals surface area contributed by atoms with Crippen molar-refractivity contribution in [3.05, 3.63) is 84.3 Å². The van der Waals surface area contributed by atoms with Crippen LogP contribution in [0.1, 0.15) is 19.7 Å². The lowest BCUT2D eigenvalue weighted by Crippen LogP contribution is -2.44. The Bertz CT molecular complexity index is 1820. The molecule has 1 aliphatic rings. The van der Waals surface area contributed by atoms with Crippen LogP contribution in [0.5, 0.6) is 0 Å². The third-order valence-corrected chi connectivity index (χ3v) is 8.60. The number of amides is 1. The molecule has 3 aromatic heterocycles. The zero-order valence-corrected chi connectivity index (χ0v) is 25.0. The van der Waals surface area contributed by atoms with Gasteiger partial charge in [-0.1, -0.05) is 30.8 Å². The number of piperazine rings is 1. The Labute approximate surface area is 249 Å². The van der Waals surface area contributed by atoms with Crippen LogP contribution in [0.15, 0.2) is 67.5 Å². The van der Waals surface area contributed by atoms with Gasteiger partial charge >= 0.3 is 0 Å². The van der Waals surface area contributed by atoms with Gasteiger partial charge in [-0.2, -0.15) is 5.10 Å². The van der Waals surface area contributed by atoms with Crippen LogP contribution in [0, 0.1) is 20.8 Å². The van der Waals surface area contributed by atoms with Crippen molar-refractivity contribution in [1.29, 1.82) is 0 Å². The number of aryl methyl sites for hydroxylation is 2. The average molecular weight is 564 g/mol. The molecule has 0 bridgehead atoms. The molecular formula is C34H41N7O. The molecule has 0 unspecified atom stereocenters. The van der Waals surface area contributed by atoms with Crippen LogP contribution in [0.3, 0.4) is 0 Å². The lowest BCUT2D eigenvalue weighted by Gasteiger charge is -2.34. The first-order valence-corrected chi connectivity index (χ1v) is 14.3. The second-order valence-corrected chi connectivity index (χ2v) is 11.2. The van der Waals surface area contributed by atoms with Crippen molar-refractivity contribution >= 4 is 28.3 Å². The lowest BCUT2D eigenvalue weighted by atomic mass is 9.92. The fourth-order valence-corrected chi connectivity index (χ4v) is 5.88. The summed E-state index contributed by atoms with van der Waals surface area (Å²) in [6.07, 6.45) is 5.10. The van der Waals surface area contributed by atoms with E-state index in [4.69, 9.17) is 4.98 Å².